The van der Waals surface area contributed by atoms with Crippen molar-refractivity contribution in [3.63, 3.8) is 0 Å². The van der Waals surface area contributed by atoms with E-state index in [1.54, 1.807) is 0 Å². The molecule has 0 N–H and O–H groups in total. The average molecular weight is 140 g/mol. The molecule has 54 valence electrons. The molecule has 0 aromatic heterocycles. The minimum atomic E-state index is 0.0419. The second-order valence-electron chi connectivity index (χ2n) is 2.24. The van der Waals surface area contributed by atoms with Crippen LogP contribution < -0.4 is 0 Å². The Hall–Kier alpha value is -0.890. The number of hydrogen-bond acceptors (Lipinski definition) is 1. The zero-order valence-corrected chi connectivity index (χ0v) is 5.80. The molecule has 0 saturated carbocycles. The molecule has 0 fully saturated rings. The van der Waals surface area contributed by atoms with E-state index in [1.165, 1.54) is 5.56 Å². The van der Waals surface area contributed by atoms with Crippen molar-refractivity contribution in [1.82, 2.24) is 0 Å². The summed E-state index contributed by atoms with van der Waals surface area (Å²) in [7, 11) is 0. The van der Waals surface area contributed by atoms with Crippen LogP contribution in [0.15, 0.2) is 24.3 Å². The van der Waals surface area contributed by atoms with Gasteiger partial charge in [0.05, 0.1) is 0 Å². The lowest BCUT2D eigenvalue weighted by atomic mass is 10.2. The molecule has 0 unspecified atom stereocenters. The standard InChI is InChI=1S/C8H9FO/c1-7-2-4-8(5-3-7)6-10-9/h2-5H,6H2,1H3. The molecule has 2 heteroatoms. The van der Waals surface area contributed by atoms with Crippen molar-refractivity contribution >= 4 is 0 Å². The van der Waals surface area contributed by atoms with Gasteiger partial charge in [0.2, 0.25) is 0 Å². The summed E-state index contributed by atoms with van der Waals surface area (Å²) in [5.74, 6) is 0. The van der Waals surface area contributed by atoms with E-state index in [4.69, 9.17) is 0 Å². The molecule has 0 spiro atoms. The molecule has 10 heavy (non-hydrogen) atoms. The van der Waals surface area contributed by atoms with E-state index in [9.17, 15) is 4.53 Å². The van der Waals surface area contributed by atoms with Crippen LogP contribution in [0.1, 0.15) is 11.1 Å². The largest absolute Gasteiger partial charge is 0.189 e. The molecule has 0 atom stereocenters. The minimum Gasteiger partial charge on any atom is -0.189 e. The fraction of sp³-hybridized carbons (Fsp3) is 0.250. The Morgan fingerprint density at radius 2 is 1.90 bits per heavy atom. The highest BCUT2D eigenvalue weighted by atomic mass is 19.3. The lowest BCUT2D eigenvalue weighted by molar-refractivity contribution is -0.144. The summed E-state index contributed by atoms with van der Waals surface area (Å²) in [6.07, 6.45) is 0. The Kier molecular flexibility index (Phi) is 2.40. The fourth-order valence-electron chi connectivity index (χ4n) is 0.747. The Morgan fingerprint density at radius 1 is 1.30 bits per heavy atom. The molecule has 1 rings (SSSR count). The van der Waals surface area contributed by atoms with Crippen LogP contribution >= 0.6 is 0 Å². The Balaban J connectivity index is 2.69. The van der Waals surface area contributed by atoms with Gasteiger partial charge in [0.25, 0.3) is 0 Å². The lowest BCUT2D eigenvalue weighted by Crippen LogP contribution is -1.83. The maximum atomic E-state index is 11.3. The van der Waals surface area contributed by atoms with Crippen molar-refractivity contribution < 1.29 is 9.47 Å². The third kappa shape index (κ3) is 1.81. The molecular weight excluding hydrogens is 131 g/mol. The van der Waals surface area contributed by atoms with Crippen LogP contribution in [-0.2, 0) is 11.5 Å². The van der Waals surface area contributed by atoms with E-state index in [0.717, 1.165) is 5.56 Å². The van der Waals surface area contributed by atoms with Gasteiger partial charge in [-0.1, -0.05) is 29.8 Å². The smallest absolute Gasteiger partial charge is 0.113 e. The Labute approximate surface area is 59.3 Å². The summed E-state index contributed by atoms with van der Waals surface area (Å²) in [4.78, 5) is 3.47. The van der Waals surface area contributed by atoms with Crippen molar-refractivity contribution in [1.29, 1.82) is 0 Å². The molecule has 1 nitrogen and oxygen atoms in total. The monoisotopic (exact) mass is 140 g/mol. The normalized spacial score (nSPS) is 9.80. The third-order valence-electron chi connectivity index (χ3n) is 1.34. The predicted molar refractivity (Wildman–Crippen MR) is 37.1 cm³/mol. The van der Waals surface area contributed by atoms with Crippen molar-refractivity contribution in [2.24, 2.45) is 0 Å². The number of benzene rings is 1. The zero-order chi connectivity index (χ0) is 7.40. The third-order valence-corrected chi connectivity index (χ3v) is 1.34. The van der Waals surface area contributed by atoms with E-state index < -0.39 is 0 Å². The number of aryl methyl sites for hydroxylation is 1. The van der Waals surface area contributed by atoms with Crippen LogP contribution in [0.2, 0.25) is 0 Å². The second kappa shape index (κ2) is 3.32. The van der Waals surface area contributed by atoms with Gasteiger partial charge in [0, 0.05) is 0 Å². The Bertz CT molecular complexity index is 193. The first-order valence-electron chi connectivity index (χ1n) is 3.12. The van der Waals surface area contributed by atoms with Crippen molar-refractivity contribution in [2.45, 2.75) is 13.5 Å². The average Bonchev–Trinajstić information content (AvgIpc) is 1.95. The molecule has 0 saturated heterocycles. The van der Waals surface area contributed by atoms with Gasteiger partial charge in [0.15, 0.2) is 0 Å². The maximum absolute atomic E-state index is 11.3. The number of halogens is 1. The lowest BCUT2D eigenvalue weighted by Gasteiger charge is -1.95. The molecule has 0 aliphatic carbocycles. The predicted octanol–water partition coefficient (Wildman–Crippen LogP) is 2.40. The van der Waals surface area contributed by atoms with Gasteiger partial charge in [-0.05, 0) is 17.0 Å². The summed E-state index contributed by atoms with van der Waals surface area (Å²) in [5, 5.41) is 0. The summed E-state index contributed by atoms with van der Waals surface area (Å²) < 4.78 is 11.3. The van der Waals surface area contributed by atoms with Crippen LogP contribution in [0.3, 0.4) is 0 Å². The first-order chi connectivity index (χ1) is 4.83. The summed E-state index contributed by atoms with van der Waals surface area (Å²) in [5.41, 5.74) is 2.02. The maximum Gasteiger partial charge on any atom is 0.113 e. The fourth-order valence-corrected chi connectivity index (χ4v) is 0.747. The van der Waals surface area contributed by atoms with Crippen molar-refractivity contribution in [3.05, 3.63) is 35.4 Å². The van der Waals surface area contributed by atoms with Gasteiger partial charge < -0.3 is 0 Å². The SMILES string of the molecule is Cc1ccc(COF)cc1. The molecule has 0 heterocycles. The molecule has 1 aromatic rings. The van der Waals surface area contributed by atoms with E-state index >= 15 is 0 Å². The van der Waals surface area contributed by atoms with Gasteiger partial charge in [0.1, 0.15) is 6.61 Å². The highest BCUT2D eigenvalue weighted by molar-refractivity contribution is 5.20. The van der Waals surface area contributed by atoms with Gasteiger partial charge in [-0.15, -0.1) is 0 Å². The van der Waals surface area contributed by atoms with Crippen LogP contribution in [-0.4, -0.2) is 0 Å². The summed E-state index contributed by atoms with van der Waals surface area (Å²) >= 11 is 0. The number of hydrogen-bond donors (Lipinski definition) is 0. The molecule has 0 aliphatic heterocycles. The zero-order valence-electron chi connectivity index (χ0n) is 5.80. The van der Waals surface area contributed by atoms with Gasteiger partial charge in [-0.2, -0.15) is 4.94 Å². The van der Waals surface area contributed by atoms with Crippen LogP contribution in [0.4, 0.5) is 4.53 Å². The van der Waals surface area contributed by atoms with E-state index in [0.29, 0.717) is 0 Å². The minimum absolute atomic E-state index is 0.0419. The van der Waals surface area contributed by atoms with Gasteiger partial charge in [-0.25, -0.2) is 0 Å². The first-order valence-corrected chi connectivity index (χ1v) is 3.12. The van der Waals surface area contributed by atoms with E-state index in [1.807, 2.05) is 31.2 Å². The molecule has 0 bridgehead atoms. The second-order valence-corrected chi connectivity index (χ2v) is 2.24. The molecule has 1 aromatic carbocycles. The molecule has 0 amide bonds. The van der Waals surface area contributed by atoms with Gasteiger partial charge >= 0.3 is 0 Å². The van der Waals surface area contributed by atoms with Crippen molar-refractivity contribution in [2.75, 3.05) is 0 Å². The van der Waals surface area contributed by atoms with Crippen LogP contribution in [0.25, 0.3) is 0 Å². The van der Waals surface area contributed by atoms with Crippen LogP contribution in [0, 0.1) is 6.92 Å². The topological polar surface area (TPSA) is 9.23 Å². The summed E-state index contributed by atoms with van der Waals surface area (Å²) in [6, 6.07) is 7.53. The number of rotatable bonds is 2. The molecular formula is C8H9FO. The Morgan fingerprint density at radius 3 is 2.40 bits per heavy atom. The van der Waals surface area contributed by atoms with E-state index in [-0.39, 0.29) is 6.61 Å². The van der Waals surface area contributed by atoms with Gasteiger partial charge in [-0.3, -0.25) is 0 Å². The molecule has 0 radical (unpaired) electrons. The summed E-state index contributed by atoms with van der Waals surface area (Å²) in [6.45, 7) is 2.03. The highest BCUT2D eigenvalue weighted by Crippen LogP contribution is 2.03. The van der Waals surface area contributed by atoms with Crippen LogP contribution in [0.5, 0.6) is 0 Å². The first kappa shape index (κ1) is 7.22. The molecule has 0 aliphatic rings. The quantitative estimate of drug-likeness (QED) is 0.612. The van der Waals surface area contributed by atoms with Crippen molar-refractivity contribution in [3.8, 4) is 0 Å². The van der Waals surface area contributed by atoms with E-state index in [2.05, 4.69) is 4.94 Å². The highest BCUT2D eigenvalue weighted by Gasteiger charge is 1.90.